The maximum atomic E-state index is 13.3. The first-order valence-electron chi connectivity index (χ1n) is 3.46. The van der Waals surface area contributed by atoms with Crippen LogP contribution in [-0.2, 0) is 7.05 Å². The van der Waals surface area contributed by atoms with Crippen molar-refractivity contribution in [2.45, 2.75) is 0 Å². The van der Waals surface area contributed by atoms with Crippen molar-refractivity contribution in [3.8, 4) is 0 Å². The van der Waals surface area contributed by atoms with Crippen LogP contribution in [0.5, 0.6) is 0 Å². The minimum Gasteiger partial charge on any atom is -0.265 e. The van der Waals surface area contributed by atoms with Gasteiger partial charge in [-0.15, -0.1) is 0 Å². The SMILES string of the molecule is Cn1ncc2ccc(Cl)c(F)c21. The Kier molecular flexibility index (Phi) is 1.54. The number of rotatable bonds is 0. The number of aromatic nitrogens is 2. The average Bonchev–Trinajstić information content (AvgIpc) is 2.41. The summed E-state index contributed by atoms with van der Waals surface area (Å²) in [6.07, 6.45) is 1.61. The fourth-order valence-electron chi connectivity index (χ4n) is 1.19. The molecule has 0 saturated carbocycles. The number of nitrogens with zero attached hydrogens (tertiary/aromatic N) is 2. The molecule has 0 atom stereocenters. The Hall–Kier alpha value is -1.09. The van der Waals surface area contributed by atoms with Crippen molar-refractivity contribution < 1.29 is 4.39 Å². The smallest absolute Gasteiger partial charge is 0.167 e. The van der Waals surface area contributed by atoms with Gasteiger partial charge in [-0.1, -0.05) is 11.6 Å². The molecule has 0 N–H and O–H groups in total. The third kappa shape index (κ3) is 0.898. The quantitative estimate of drug-likeness (QED) is 0.615. The van der Waals surface area contributed by atoms with E-state index >= 15 is 0 Å². The number of hydrogen-bond donors (Lipinski definition) is 0. The van der Waals surface area contributed by atoms with E-state index in [4.69, 9.17) is 11.6 Å². The molecule has 2 rings (SSSR count). The molecule has 1 heterocycles. The Balaban J connectivity index is 2.96. The second kappa shape index (κ2) is 2.45. The molecule has 0 unspecified atom stereocenters. The summed E-state index contributed by atoms with van der Waals surface area (Å²) in [4.78, 5) is 0. The first kappa shape index (κ1) is 7.55. The molecule has 0 aliphatic carbocycles. The molecule has 0 saturated heterocycles. The summed E-state index contributed by atoms with van der Waals surface area (Å²) in [5.74, 6) is -0.408. The van der Waals surface area contributed by atoms with Crippen molar-refractivity contribution in [1.82, 2.24) is 9.78 Å². The molecule has 1 aromatic heterocycles. The zero-order valence-electron chi connectivity index (χ0n) is 6.38. The minimum absolute atomic E-state index is 0.131. The van der Waals surface area contributed by atoms with Crippen molar-refractivity contribution in [2.24, 2.45) is 7.05 Å². The fraction of sp³-hybridized carbons (Fsp3) is 0.125. The van der Waals surface area contributed by atoms with Gasteiger partial charge >= 0.3 is 0 Å². The third-order valence-electron chi connectivity index (χ3n) is 1.79. The summed E-state index contributed by atoms with van der Waals surface area (Å²) < 4.78 is 14.8. The van der Waals surface area contributed by atoms with E-state index < -0.39 is 5.82 Å². The molecule has 0 bridgehead atoms. The average molecular weight is 185 g/mol. The van der Waals surface area contributed by atoms with Crippen LogP contribution in [0, 0.1) is 5.82 Å². The highest BCUT2D eigenvalue weighted by Gasteiger charge is 2.08. The molecule has 4 heteroatoms. The normalized spacial score (nSPS) is 10.9. The highest BCUT2D eigenvalue weighted by Crippen LogP contribution is 2.23. The molecule has 0 aliphatic heterocycles. The zero-order chi connectivity index (χ0) is 8.72. The van der Waals surface area contributed by atoms with Crippen molar-refractivity contribution in [2.75, 3.05) is 0 Å². The second-order valence-corrected chi connectivity index (χ2v) is 2.97. The van der Waals surface area contributed by atoms with E-state index in [2.05, 4.69) is 5.10 Å². The number of aryl methyl sites for hydroxylation is 1. The lowest BCUT2D eigenvalue weighted by Crippen LogP contribution is -1.92. The Labute approximate surface area is 73.6 Å². The van der Waals surface area contributed by atoms with Gasteiger partial charge in [0.1, 0.15) is 5.52 Å². The van der Waals surface area contributed by atoms with Crippen LogP contribution in [0.25, 0.3) is 10.9 Å². The van der Waals surface area contributed by atoms with Crippen LogP contribution in [0.2, 0.25) is 5.02 Å². The van der Waals surface area contributed by atoms with Crippen LogP contribution in [0.3, 0.4) is 0 Å². The Morgan fingerprint density at radius 1 is 1.50 bits per heavy atom. The number of fused-ring (bicyclic) bond motifs is 1. The van der Waals surface area contributed by atoms with Gasteiger partial charge < -0.3 is 0 Å². The van der Waals surface area contributed by atoms with Gasteiger partial charge in [0.25, 0.3) is 0 Å². The van der Waals surface area contributed by atoms with E-state index in [1.54, 1.807) is 19.3 Å². The van der Waals surface area contributed by atoms with Gasteiger partial charge in [-0.3, -0.25) is 4.68 Å². The molecule has 62 valence electrons. The van der Waals surface area contributed by atoms with Gasteiger partial charge in [-0.2, -0.15) is 5.10 Å². The maximum Gasteiger partial charge on any atom is 0.167 e. The Bertz CT molecular complexity index is 436. The lowest BCUT2D eigenvalue weighted by Gasteiger charge is -1.97. The summed E-state index contributed by atoms with van der Waals surface area (Å²) in [7, 11) is 1.68. The van der Waals surface area contributed by atoms with Gasteiger partial charge in [0.2, 0.25) is 0 Å². The van der Waals surface area contributed by atoms with E-state index in [-0.39, 0.29) is 5.02 Å². The van der Waals surface area contributed by atoms with Crippen molar-refractivity contribution in [3.05, 3.63) is 29.2 Å². The standard InChI is InChI=1S/C8H6ClFN2/c1-12-8-5(4-11-12)2-3-6(9)7(8)10/h2-4H,1H3. The highest BCUT2D eigenvalue weighted by molar-refractivity contribution is 6.31. The molecule has 1 aromatic carbocycles. The highest BCUT2D eigenvalue weighted by atomic mass is 35.5. The maximum absolute atomic E-state index is 13.3. The van der Waals surface area contributed by atoms with Crippen molar-refractivity contribution in [1.29, 1.82) is 0 Å². The summed E-state index contributed by atoms with van der Waals surface area (Å²) in [6.45, 7) is 0. The minimum atomic E-state index is -0.408. The van der Waals surface area contributed by atoms with Crippen LogP contribution >= 0.6 is 11.6 Å². The van der Waals surface area contributed by atoms with Crippen LogP contribution in [0.15, 0.2) is 18.3 Å². The summed E-state index contributed by atoms with van der Waals surface area (Å²) >= 11 is 5.60. The predicted octanol–water partition coefficient (Wildman–Crippen LogP) is 2.37. The van der Waals surface area contributed by atoms with E-state index in [0.29, 0.717) is 5.52 Å². The van der Waals surface area contributed by atoms with Crippen LogP contribution in [0.4, 0.5) is 4.39 Å². The largest absolute Gasteiger partial charge is 0.265 e. The molecule has 2 nitrogen and oxygen atoms in total. The van der Waals surface area contributed by atoms with Crippen LogP contribution in [-0.4, -0.2) is 9.78 Å². The van der Waals surface area contributed by atoms with Crippen molar-refractivity contribution in [3.63, 3.8) is 0 Å². The molecule has 0 fully saturated rings. The van der Waals surface area contributed by atoms with E-state index in [9.17, 15) is 4.39 Å². The van der Waals surface area contributed by atoms with E-state index in [1.807, 2.05) is 0 Å². The molecule has 0 spiro atoms. The zero-order valence-corrected chi connectivity index (χ0v) is 7.14. The topological polar surface area (TPSA) is 17.8 Å². The van der Waals surface area contributed by atoms with E-state index in [1.165, 1.54) is 10.7 Å². The number of benzene rings is 1. The summed E-state index contributed by atoms with van der Waals surface area (Å²) in [6, 6.07) is 3.27. The fourth-order valence-corrected chi connectivity index (χ4v) is 1.35. The lowest BCUT2D eigenvalue weighted by molar-refractivity contribution is 0.626. The van der Waals surface area contributed by atoms with Crippen LogP contribution in [0.1, 0.15) is 0 Å². The molecule has 0 radical (unpaired) electrons. The molecular formula is C8H6ClFN2. The predicted molar refractivity (Wildman–Crippen MR) is 45.7 cm³/mol. The van der Waals surface area contributed by atoms with Crippen LogP contribution < -0.4 is 0 Å². The molecule has 12 heavy (non-hydrogen) atoms. The lowest BCUT2D eigenvalue weighted by atomic mass is 10.2. The Morgan fingerprint density at radius 2 is 2.25 bits per heavy atom. The number of halogens is 2. The first-order valence-corrected chi connectivity index (χ1v) is 3.83. The molecule has 2 aromatic rings. The Morgan fingerprint density at radius 3 is 3.00 bits per heavy atom. The molecule has 0 amide bonds. The monoisotopic (exact) mass is 184 g/mol. The van der Waals surface area contributed by atoms with E-state index in [0.717, 1.165) is 5.39 Å². The van der Waals surface area contributed by atoms with Crippen molar-refractivity contribution >= 4 is 22.5 Å². The first-order chi connectivity index (χ1) is 5.70. The second-order valence-electron chi connectivity index (χ2n) is 2.57. The third-order valence-corrected chi connectivity index (χ3v) is 2.09. The molecule has 0 aliphatic rings. The van der Waals surface area contributed by atoms with Gasteiger partial charge in [-0.25, -0.2) is 4.39 Å². The number of hydrogen-bond acceptors (Lipinski definition) is 1. The van der Waals surface area contributed by atoms with Gasteiger partial charge in [0, 0.05) is 12.4 Å². The van der Waals surface area contributed by atoms with Gasteiger partial charge in [-0.05, 0) is 12.1 Å². The van der Waals surface area contributed by atoms with Gasteiger partial charge in [0.05, 0.1) is 11.2 Å². The summed E-state index contributed by atoms with van der Waals surface area (Å²) in [5, 5.41) is 4.81. The van der Waals surface area contributed by atoms with Gasteiger partial charge in [0.15, 0.2) is 5.82 Å². The summed E-state index contributed by atoms with van der Waals surface area (Å²) in [5.41, 5.74) is 0.447. The molecular weight excluding hydrogens is 179 g/mol.